The summed E-state index contributed by atoms with van der Waals surface area (Å²) in [6.07, 6.45) is 8.93. The first-order valence-electron chi connectivity index (χ1n) is 5.93. The van der Waals surface area contributed by atoms with Crippen molar-refractivity contribution < 1.29 is 4.79 Å². The van der Waals surface area contributed by atoms with Crippen molar-refractivity contribution in [3.8, 4) is 0 Å². The van der Waals surface area contributed by atoms with Crippen LogP contribution in [0.5, 0.6) is 0 Å². The van der Waals surface area contributed by atoms with Crippen molar-refractivity contribution in [2.45, 2.75) is 45.6 Å². The quantitative estimate of drug-likeness (QED) is 0.706. The first-order valence-corrected chi connectivity index (χ1v) is 5.93. The predicted molar refractivity (Wildman–Crippen MR) is 61.5 cm³/mol. The second-order valence-corrected chi connectivity index (χ2v) is 4.43. The lowest BCUT2D eigenvalue weighted by atomic mass is 9.99. The van der Waals surface area contributed by atoms with Crippen molar-refractivity contribution in [2.75, 3.05) is 6.54 Å². The van der Waals surface area contributed by atoms with Gasteiger partial charge in [0.05, 0.1) is 0 Å². The van der Waals surface area contributed by atoms with Gasteiger partial charge in [-0.05, 0) is 26.2 Å². The van der Waals surface area contributed by atoms with Crippen LogP contribution in [0.15, 0.2) is 23.4 Å². The molecular weight excluding hydrogens is 186 g/mol. The highest BCUT2D eigenvalue weighted by atomic mass is 16.1. The molecule has 82 valence electrons. The van der Waals surface area contributed by atoms with Crippen molar-refractivity contribution in [1.82, 2.24) is 4.90 Å². The van der Waals surface area contributed by atoms with Gasteiger partial charge in [-0.1, -0.05) is 25.5 Å². The molecule has 1 unspecified atom stereocenters. The van der Waals surface area contributed by atoms with Gasteiger partial charge in [-0.25, -0.2) is 0 Å². The lowest BCUT2D eigenvalue weighted by Gasteiger charge is -2.32. The molecule has 15 heavy (non-hydrogen) atoms. The number of Topliss-reactive ketones (excluding diaryl/α,β-unsaturated/α-hetero) is 1. The Hall–Kier alpha value is -1.05. The minimum Gasteiger partial charge on any atom is -0.368 e. The third-order valence-corrected chi connectivity index (χ3v) is 3.32. The molecule has 0 aliphatic carbocycles. The van der Waals surface area contributed by atoms with Crippen LogP contribution in [-0.2, 0) is 4.79 Å². The first kappa shape index (κ1) is 10.5. The first-order chi connectivity index (χ1) is 7.24. The maximum atomic E-state index is 11.5. The summed E-state index contributed by atoms with van der Waals surface area (Å²) >= 11 is 0. The average molecular weight is 205 g/mol. The molecule has 2 heterocycles. The second-order valence-electron chi connectivity index (χ2n) is 4.43. The van der Waals surface area contributed by atoms with Gasteiger partial charge in [0.25, 0.3) is 0 Å². The van der Waals surface area contributed by atoms with Gasteiger partial charge in [0.2, 0.25) is 0 Å². The molecule has 2 aliphatic rings. The predicted octanol–water partition coefficient (Wildman–Crippen LogP) is 2.66. The van der Waals surface area contributed by atoms with Crippen LogP contribution < -0.4 is 0 Å². The summed E-state index contributed by atoms with van der Waals surface area (Å²) in [7, 11) is 0. The normalized spacial score (nSPS) is 24.7. The Morgan fingerprint density at radius 2 is 2.40 bits per heavy atom. The Bertz CT molecular complexity index is 327. The fraction of sp³-hybridized carbons (Fsp3) is 0.615. The molecule has 0 N–H and O–H groups in total. The molecule has 2 aliphatic heterocycles. The van der Waals surface area contributed by atoms with Gasteiger partial charge < -0.3 is 4.90 Å². The van der Waals surface area contributed by atoms with Crippen molar-refractivity contribution in [3.63, 3.8) is 0 Å². The molecule has 0 spiro atoms. The van der Waals surface area contributed by atoms with Crippen LogP contribution in [-0.4, -0.2) is 23.3 Å². The van der Waals surface area contributed by atoms with E-state index >= 15 is 0 Å². The van der Waals surface area contributed by atoms with Crippen LogP contribution in [0.25, 0.3) is 0 Å². The van der Waals surface area contributed by atoms with Crippen LogP contribution in [0, 0.1) is 0 Å². The van der Waals surface area contributed by atoms with Crippen molar-refractivity contribution in [3.05, 3.63) is 23.4 Å². The second kappa shape index (κ2) is 4.21. The van der Waals surface area contributed by atoms with Gasteiger partial charge in [-0.2, -0.15) is 0 Å². The van der Waals surface area contributed by atoms with E-state index in [1.54, 1.807) is 6.92 Å². The molecule has 0 amide bonds. The minimum absolute atomic E-state index is 0.211. The van der Waals surface area contributed by atoms with Crippen molar-refractivity contribution >= 4 is 5.78 Å². The monoisotopic (exact) mass is 205 g/mol. The topological polar surface area (TPSA) is 20.3 Å². The Kier molecular flexibility index (Phi) is 2.94. The fourth-order valence-electron chi connectivity index (χ4n) is 2.63. The molecule has 1 atom stereocenters. The Labute approximate surface area is 91.6 Å². The Morgan fingerprint density at radius 3 is 3.07 bits per heavy atom. The number of hydrogen-bond acceptors (Lipinski definition) is 2. The van der Waals surface area contributed by atoms with Gasteiger partial charge in [-0.3, -0.25) is 4.79 Å². The zero-order chi connectivity index (χ0) is 10.8. The summed E-state index contributed by atoms with van der Waals surface area (Å²) in [5, 5.41) is 0. The zero-order valence-corrected chi connectivity index (χ0v) is 9.62. The van der Waals surface area contributed by atoms with Gasteiger partial charge in [-0.15, -0.1) is 0 Å². The largest absolute Gasteiger partial charge is 0.368 e. The van der Waals surface area contributed by atoms with Crippen LogP contribution in [0.1, 0.15) is 39.5 Å². The van der Waals surface area contributed by atoms with Gasteiger partial charge in [0.15, 0.2) is 5.78 Å². The highest BCUT2D eigenvalue weighted by Gasteiger charge is 2.28. The van der Waals surface area contributed by atoms with Crippen LogP contribution in [0.2, 0.25) is 0 Å². The fourth-order valence-corrected chi connectivity index (χ4v) is 2.63. The molecule has 0 aromatic carbocycles. The maximum Gasteiger partial charge on any atom is 0.161 e. The molecule has 2 heteroatoms. The third-order valence-electron chi connectivity index (χ3n) is 3.32. The number of carbonyl (C=O) groups excluding carboxylic acids is 1. The molecule has 0 saturated carbocycles. The average Bonchev–Trinajstić information content (AvgIpc) is 2.66. The summed E-state index contributed by atoms with van der Waals surface area (Å²) in [5.74, 6) is 0.211. The molecule has 0 radical (unpaired) electrons. The number of ketones is 1. The van der Waals surface area contributed by atoms with E-state index in [-0.39, 0.29) is 5.78 Å². The van der Waals surface area contributed by atoms with Crippen molar-refractivity contribution in [2.24, 2.45) is 0 Å². The smallest absolute Gasteiger partial charge is 0.161 e. The number of carbonyl (C=O) groups is 1. The number of hydrogen-bond donors (Lipinski definition) is 0. The van der Waals surface area contributed by atoms with E-state index in [0.717, 1.165) is 18.5 Å². The van der Waals surface area contributed by atoms with E-state index in [4.69, 9.17) is 0 Å². The number of nitrogens with zero attached hydrogens (tertiary/aromatic N) is 1. The van der Waals surface area contributed by atoms with Crippen LogP contribution in [0.3, 0.4) is 0 Å². The summed E-state index contributed by atoms with van der Waals surface area (Å²) in [5.41, 5.74) is 2.24. The van der Waals surface area contributed by atoms with Crippen molar-refractivity contribution in [1.29, 1.82) is 0 Å². The zero-order valence-electron chi connectivity index (χ0n) is 9.62. The van der Waals surface area contributed by atoms with E-state index in [2.05, 4.69) is 17.9 Å². The standard InChI is InChI=1S/C13H19NO/c1-3-5-11-7-8-12(10(2)15)13-6-4-9-14(11)13/h7-8,11H,3-6,9H2,1-2H3. The summed E-state index contributed by atoms with van der Waals surface area (Å²) in [4.78, 5) is 13.9. The molecule has 2 nitrogen and oxygen atoms in total. The van der Waals surface area contributed by atoms with Crippen LogP contribution >= 0.6 is 0 Å². The molecule has 0 bridgehead atoms. The molecule has 2 rings (SSSR count). The molecular formula is C13H19NO. The van der Waals surface area contributed by atoms with E-state index in [9.17, 15) is 4.79 Å². The maximum absolute atomic E-state index is 11.5. The Morgan fingerprint density at radius 1 is 1.60 bits per heavy atom. The summed E-state index contributed by atoms with van der Waals surface area (Å²) < 4.78 is 0. The van der Waals surface area contributed by atoms with E-state index < -0.39 is 0 Å². The number of fused-ring (bicyclic) bond motifs is 1. The summed E-state index contributed by atoms with van der Waals surface area (Å²) in [6.45, 7) is 5.01. The SMILES string of the molecule is CCCC1C=CC(C(C)=O)=C2CCCN21. The number of rotatable bonds is 3. The van der Waals surface area contributed by atoms with E-state index in [1.165, 1.54) is 25.0 Å². The molecule has 1 fully saturated rings. The number of allylic oxidation sites excluding steroid dienone is 3. The van der Waals surface area contributed by atoms with Gasteiger partial charge in [0, 0.05) is 23.9 Å². The third kappa shape index (κ3) is 1.85. The summed E-state index contributed by atoms with van der Waals surface area (Å²) in [6, 6.07) is 0.538. The minimum atomic E-state index is 0.211. The lowest BCUT2D eigenvalue weighted by Crippen LogP contribution is -2.33. The highest BCUT2D eigenvalue weighted by Crippen LogP contribution is 2.32. The molecule has 0 aromatic rings. The Balaban J connectivity index is 2.26. The van der Waals surface area contributed by atoms with Crippen LogP contribution in [0.4, 0.5) is 0 Å². The van der Waals surface area contributed by atoms with E-state index in [0.29, 0.717) is 6.04 Å². The molecule has 1 saturated heterocycles. The van der Waals surface area contributed by atoms with Gasteiger partial charge in [0.1, 0.15) is 0 Å². The highest BCUT2D eigenvalue weighted by molar-refractivity contribution is 5.97. The van der Waals surface area contributed by atoms with E-state index in [1.807, 2.05) is 6.08 Å². The molecule has 0 aromatic heterocycles. The lowest BCUT2D eigenvalue weighted by molar-refractivity contribution is -0.113. The van der Waals surface area contributed by atoms with Gasteiger partial charge >= 0.3 is 0 Å².